The Labute approximate surface area is 184 Å². The molecule has 9 nitrogen and oxygen atoms in total. The topological polar surface area (TPSA) is 109 Å². The lowest BCUT2D eigenvalue weighted by Crippen LogP contribution is -2.42. The first kappa shape index (κ1) is 21.7. The van der Waals surface area contributed by atoms with E-state index in [4.69, 9.17) is 14.2 Å². The van der Waals surface area contributed by atoms with Crippen LogP contribution < -0.4 is 15.6 Å². The first-order valence-electron chi connectivity index (χ1n) is 10.8. The highest BCUT2D eigenvalue weighted by Crippen LogP contribution is 2.39. The summed E-state index contributed by atoms with van der Waals surface area (Å²) < 4.78 is 18.0. The van der Waals surface area contributed by atoms with Gasteiger partial charge in [-0.15, -0.1) is 0 Å². The second kappa shape index (κ2) is 9.33. The van der Waals surface area contributed by atoms with Crippen molar-refractivity contribution in [1.82, 2.24) is 14.9 Å². The largest absolute Gasteiger partial charge is 0.465 e. The van der Waals surface area contributed by atoms with Crippen LogP contribution in [-0.2, 0) is 25.6 Å². The first-order valence-corrected chi connectivity index (χ1v) is 11.8. The fourth-order valence-electron chi connectivity index (χ4n) is 4.24. The fraction of sp³-hybridized carbons (Fsp3) is 0.619. The normalized spacial score (nSPS) is 20.5. The lowest BCUT2D eigenvalue weighted by Gasteiger charge is -2.31. The second-order valence-corrected chi connectivity index (χ2v) is 8.71. The number of carbonyl (C=O) groups is 2. The molecule has 3 heterocycles. The van der Waals surface area contributed by atoms with Gasteiger partial charge in [-0.25, -0.2) is 4.79 Å². The number of hydrogen-bond acceptors (Lipinski definition) is 9. The van der Waals surface area contributed by atoms with Crippen molar-refractivity contribution < 1.29 is 23.8 Å². The molecule has 0 spiro atoms. The van der Waals surface area contributed by atoms with Crippen LogP contribution in [0.3, 0.4) is 0 Å². The van der Waals surface area contributed by atoms with Gasteiger partial charge in [0.2, 0.25) is 11.8 Å². The Morgan fingerprint density at radius 2 is 1.94 bits per heavy atom. The van der Waals surface area contributed by atoms with Gasteiger partial charge < -0.3 is 19.5 Å². The Bertz CT molecular complexity index is 967. The average molecular weight is 450 g/mol. The molecule has 1 saturated carbocycles. The minimum absolute atomic E-state index is 0.0246. The van der Waals surface area contributed by atoms with Crippen molar-refractivity contribution in [1.29, 1.82) is 0 Å². The SMILES string of the molecule is CCOC(=O)C1=C(NC2CCCCC2)Oc2nc3n(c(=O)c2C1C(=O)OCC)CCS3. The number of esters is 2. The molecule has 168 valence electrons. The van der Waals surface area contributed by atoms with E-state index in [0.29, 0.717) is 17.5 Å². The zero-order valence-electron chi connectivity index (χ0n) is 17.8. The molecule has 1 N–H and O–H groups in total. The van der Waals surface area contributed by atoms with Crippen molar-refractivity contribution in [3.8, 4) is 5.88 Å². The van der Waals surface area contributed by atoms with E-state index in [1.165, 1.54) is 22.7 Å². The maximum Gasteiger partial charge on any atom is 0.340 e. The summed E-state index contributed by atoms with van der Waals surface area (Å²) in [6.07, 6.45) is 5.16. The molecule has 0 aromatic carbocycles. The third-order valence-corrected chi connectivity index (χ3v) is 6.62. The van der Waals surface area contributed by atoms with E-state index >= 15 is 0 Å². The summed E-state index contributed by atoms with van der Waals surface area (Å²) >= 11 is 1.45. The molecule has 1 atom stereocenters. The lowest BCUT2D eigenvalue weighted by molar-refractivity contribution is -0.148. The Morgan fingerprint density at radius 1 is 1.19 bits per heavy atom. The minimum atomic E-state index is -1.25. The Balaban J connectivity index is 1.85. The molecule has 10 heteroatoms. The number of nitrogens with zero attached hydrogens (tertiary/aromatic N) is 2. The van der Waals surface area contributed by atoms with Crippen molar-refractivity contribution in [2.45, 2.75) is 69.6 Å². The van der Waals surface area contributed by atoms with Gasteiger partial charge in [-0.1, -0.05) is 31.0 Å². The summed E-state index contributed by atoms with van der Waals surface area (Å²) in [5.41, 5.74) is -0.382. The fourth-order valence-corrected chi connectivity index (χ4v) is 5.17. The molecular formula is C21H27N3O6S. The van der Waals surface area contributed by atoms with Crippen LogP contribution in [0.5, 0.6) is 5.88 Å². The number of aromatic nitrogens is 2. The van der Waals surface area contributed by atoms with Crippen LogP contribution in [0.1, 0.15) is 57.4 Å². The van der Waals surface area contributed by atoms with Crippen molar-refractivity contribution in [2.75, 3.05) is 19.0 Å². The van der Waals surface area contributed by atoms with Gasteiger partial charge in [-0.2, -0.15) is 4.98 Å². The van der Waals surface area contributed by atoms with Crippen LogP contribution in [0.25, 0.3) is 0 Å². The number of ether oxygens (including phenoxy) is 3. The zero-order chi connectivity index (χ0) is 22.0. The third-order valence-electron chi connectivity index (χ3n) is 5.66. The number of hydrogen-bond donors (Lipinski definition) is 1. The predicted molar refractivity (Wildman–Crippen MR) is 113 cm³/mol. The first-order chi connectivity index (χ1) is 15.0. The Hall–Kier alpha value is -2.49. The van der Waals surface area contributed by atoms with Crippen molar-refractivity contribution in [2.24, 2.45) is 0 Å². The summed E-state index contributed by atoms with van der Waals surface area (Å²) in [4.78, 5) is 43.8. The van der Waals surface area contributed by atoms with Crippen LogP contribution in [0, 0.1) is 0 Å². The summed E-state index contributed by atoms with van der Waals surface area (Å²) in [7, 11) is 0. The number of nitrogens with one attached hydrogen (secondary N) is 1. The van der Waals surface area contributed by atoms with Crippen molar-refractivity contribution in [3.63, 3.8) is 0 Å². The Kier molecular flexibility index (Phi) is 6.54. The van der Waals surface area contributed by atoms with E-state index in [1.807, 2.05) is 0 Å². The van der Waals surface area contributed by atoms with E-state index in [-0.39, 0.29) is 47.7 Å². The van der Waals surface area contributed by atoms with E-state index < -0.39 is 17.9 Å². The van der Waals surface area contributed by atoms with Crippen LogP contribution >= 0.6 is 11.8 Å². The number of fused-ring (bicyclic) bond motifs is 2. The van der Waals surface area contributed by atoms with Gasteiger partial charge in [-0.05, 0) is 26.7 Å². The molecule has 1 aromatic heterocycles. The summed E-state index contributed by atoms with van der Waals surface area (Å²) in [6, 6.07) is 0.0995. The van der Waals surface area contributed by atoms with Crippen molar-refractivity contribution >= 4 is 23.7 Å². The molecule has 3 aliphatic rings. The van der Waals surface area contributed by atoms with Gasteiger partial charge in [0.05, 0.1) is 18.8 Å². The van der Waals surface area contributed by atoms with Crippen LogP contribution in [0.2, 0.25) is 0 Å². The van der Waals surface area contributed by atoms with Gasteiger partial charge in [0, 0.05) is 18.3 Å². The number of carbonyl (C=O) groups excluding carboxylic acids is 2. The molecule has 4 rings (SSSR count). The van der Waals surface area contributed by atoms with Gasteiger partial charge >= 0.3 is 11.9 Å². The molecule has 0 amide bonds. The predicted octanol–water partition coefficient (Wildman–Crippen LogP) is 2.09. The third kappa shape index (κ3) is 4.17. The average Bonchev–Trinajstić information content (AvgIpc) is 3.23. The molecule has 0 saturated heterocycles. The quantitative estimate of drug-likeness (QED) is 0.516. The van der Waals surface area contributed by atoms with Crippen LogP contribution in [0.4, 0.5) is 0 Å². The van der Waals surface area contributed by atoms with Gasteiger partial charge in [0.25, 0.3) is 5.56 Å². The monoisotopic (exact) mass is 449 g/mol. The lowest BCUT2D eigenvalue weighted by atomic mass is 9.89. The minimum Gasteiger partial charge on any atom is -0.465 e. The van der Waals surface area contributed by atoms with Crippen LogP contribution in [-0.4, -0.2) is 46.5 Å². The molecule has 31 heavy (non-hydrogen) atoms. The number of rotatable bonds is 6. The molecule has 0 radical (unpaired) electrons. The Morgan fingerprint density at radius 3 is 2.65 bits per heavy atom. The number of thioether (sulfide) groups is 1. The van der Waals surface area contributed by atoms with Gasteiger partial charge in [-0.3, -0.25) is 14.2 Å². The van der Waals surface area contributed by atoms with E-state index in [2.05, 4.69) is 10.3 Å². The van der Waals surface area contributed by atoms with Crippen molar-refractivity contribution in [3.05, 3.63) is 27.4 Å². The highest BCUT2D eigenvalue weighted by molar-refractivity contribution is 7.99. The second-order valence-electron chi connectivity index (χ2n) is 7.65. The van der Waals surface area contributed by atoms with Crippen LogP contribution in [0.15, 0.2) is 21.4 Å². The molecule has 0 bridgehead atoms. The molecule has 2 aliphatic heterocycles. The maximum atomic E-state index is 13.3. The molecule has 1 aliphatic carbocycles. The smallest absolute Gasteiger partial charge is 0.340 e. The zero-order valence-corrected chi connectivity index (χ0v) is 18.6. The summed E-state index contributed by atoms with van der Waals surface area (Å²) in [6.45, 7) is 4.09. The standard InChI is InChI=1S/C21H27N3O6S/c1-3-28-19(26)13-14-16(23-21-24(18(14)25)10-11-31-21)30-17(15(13)20(27)29-4-2)22-12-8-6-5-7-9-12/h12-13,22H,3-11H2,1-2H3. The molecule has 1 fully saturated rings. The highest BCUT2D eigenvalue weighted by atomic mass is 32.2. The highest BCUT2D eigenvalue weighted by Gasteiger charge is 2.45. The van der Waals surface area contributed by atoms with Gasteiger partial charge in [0.1, 0.15) is 11.5 Å². The van der Waals surface area contributed by atoms with E-state index in [1.54, 1.807) is 13.8 Å². The molecule has 1 aromatic rings. The summed E-state index contributed by atoms with van der Waals surface area (Å²) in [5, 5.41) is 3.84. The van der Waals surface area contributed by atoms with E-state index in [9.17, 15) is 14.4 Å². The summed E-state index contributed by atoms with van der Waals surface area (Å²) in [5.74, 6) is -1.75. The van der Waals surface area contributed by atoms with E-state index in [0.717, 1.165) is 25.7 Å². The molecule has 1 unspecified atom stereocenters. The van der Waals surface area contributed by atoms with Gasteiger partial charge in [0.15, 0.2) is 5.16 Å². The molecular weight excluding hydrogens is 422 g/mol. The maximum absolute atomic E-state index is 13.3.